The summed E-state index contributed by atoms with van der Waals surface area (Å²) in [6.45, 7) is 2.31. The van der Waals surface area contributed by atoms with Gasteiger partial charge in [0.05, 0.1) is 11.5 Å². The van der Waals surface area contributed by atoms with Crippen molar-refractivity contribution < 1.29 is 14.5 Å². The van der Waals surface area contributed by atoms with Crippen LogP contribution < -0.4 is 10.6 Å². The van der Waals surface area contributed by atoms with Crippen LogP contribution in [-0.2, 0) is 11.3 Å². The number of nitro benzene ring substituents is 1. The molecule has 0 aromatic heterocycles. The number of hydrogen-bond acceptors (Lipinski definition) is 5. The smallest absolute Gasteiger partial charge is 0.321 e. The number of halogens is 1. The van der Waals surface area contributed by atoms with E-state index >= 15 is 0 Å². The summed E-state index contributed by atoms with van der Waals surface area (Å²) >= 11 is 6.07. The van der Waals surface area contributed by atoms with Gasteiger partial charge in [-0.15, -0.1) is 0 Å². The van der Waals surface area contributed by atoms with Gasteiger partial charge in [-0.05, 0) is 37.4 Å². The van der Waals surface area contributed by atoms with Gasteiger partial charge in [-0.25, -0.2) is 4.79 Å². The first-order chi connectivity index (χ1) is 12.8. The lowest BCUT2D eigenvalue weighted by atomic mass is 9.86. The van der Waals surface area contributed by atoms with Gasteiger partial charge in [-0.2, -0.15) is 0 Å². The Labute approximate surface area is 163 Å². The fourth-order valence-electron chi connectivity index (χ4n) is 3.29. The third-order valence-corrected chi connectivity index (χ3v) is 5.14. The van der Waals surface area contributed by atoms with Crippen LogP contribution in [-0.4, -0.2) is 41.4 Å². The summed E-state index contributed by atoms with van der Waals surface area (Å²) < 4.78 is 0. The molecule has 2 atom stereocenters. The maximum atomic E-state index is 12.1. The summed E-state index contributed by atoms with van der Waals surface area (Å²) in [5.74, 6) is -0.0432. The van der Waals surface area contributed by atoms with E-state index in [4.69, 9.17) is 11.6 Å². The number of imide groups is 1. The van der Waals surface area contributed by atoms with Gasteiger partial charge in [0.1, 0.15) is 0 Å². The summed E-state index contributed by atoms with van der Waals surface area (Å²) in [5, 5.41) is 16.5. The molecule has 2 unspecified atom stereocenters. The highest BCUT2D eigenvalue weighted by Crippen LogP contribution is 2.24. The number of nitrogens with zero attached hydrogens (tertiary/aromatic N) is 2. The number of carbonyl (C=O) groups is 2. The Morgan fingerprint density at radius 1 is 1.33 bits per heavy atom. The molecule has 1 aromatic rings. The van der Waals surface area contributed by atoms with Crippen molar-refractivity contribution in [1.29, 1.82) is 0 Å². The van der Waals surface area contributed by atoms with Gasteiger partial charge < -0.3 is 5.32 Å². The first-order valence-electron chi connectivity index (χ1n) is 8.98. The number of benzene rings is 1. The number of urea groups is 1. The molecule has 9 heteroatoms. The highest BCUT2D eigenvalue weighted by Gasteiger charge is 2.23. The molecule has 0 bridgehead atoms. The topological polar surface area (TPSA) is 105 Å². The quantitative estimate of drug-likeness (QED) is 0.568. The van der Waals surface area contributed by atoms with Gasteiger partial charge >= 0.3 is 6.03 Å². The largest absolute Gasteiger partial charge is 0.335 e. The molecule has 1 aliphatic carbocycles. The van der Waals surface area contributed by atoms with Gasteiger partial charge in [-0.3, -0.25) is 25.1 Å². The zero-order chi connectivity index (χ0) is 20.0. The van der Waals surface area contributed by atoms with Crippen molar-refractivity contribution >= 4 is 29.2 Å². The van der Waals surface area contributed by atoms with Gasteiger partial charge in [0.15, 0.2) is 0 Å². The van der Waals surface area contributed by atoms with Crippen molar-refractivity contribution in [3.8, 4) is 0 Å². The van der Waals surface area contributed by atoms with Crippen LogP contribution >= 0.6 is 11.6 Å². The maximum absolute atomic E-state index is 12.1. The van der Waals surface area contributed by atoms with Crippen LogP contribution in [0.2, 0.25) is 5.02 Å². The third-order valence-electron chi connectivity index (χ3n) is 4.77. The van der Waals surface area contributed by atoms with Crippen LogP contribution in [0.1, 0.15) is 38.2 Å². The molecule has 3 amide bonds. The number of rotatable bonds is 6. The van der Waals surface area contributed by atoms with Crippen molar-refractivity contribution in [3.63, 3.8) is 0 Å². The summed E-state index contributed by atoms with van der Waals surface area (Å²) in [5.41, 5.74) is 0.481. The lowest BCUT2D eigenvalue weighted by molar-refractivity contribution is -0.384. The number of likely N-dealkylation sites (N-methyl/N-ethyl adjacent to an activating group) is 1. The van der Waals surface area contributed by atoms with Crippen LogP contribution in [0.4, 0.5) is 10.5 Å². The SMILES string of the molecule is CC1CCCCC1NC(=O)NC(=O)CN(C)Cc1cc([N+](=O)[O-])ccc1Cl. The zero-order valence-corrected chi connectivity index (χ0v) is 16.3. The molecule has 2 rings (SSSR count). The Kier molecular flexibility index (Phi) is 7.55. The van der Waals surface area contributed by atoms with Crippen LogP contribution in [0, 0.1) is 16.0 Å². The number of hydrogen-bond donors (Lipinski definition) is 2. The van der Waals surface area contributed by atoms with Crippen molar-refractivity contribution in [2.45, 2.75) is 45.2 Å². The maximum Gasteiger partial charge on any atom is 0.321 e. The van der Waals surface area contributed by atoms with E-state index in [2.05, 4.69) is 17.6 Å². The number of non-ortho nitro benzene ring substituents is 1. The summed E-state index contributed by atoms with van der Waals surface area (Å²) in [6.07, 6.45) is 4.25. The van der Waals surface area contributed by atoms with Crippen molar-refractivity contribution in [2.75, 3.05) is 13.6 Å². The van der Waals surface area contributed by atoms with E-state index in [9.17, 15) is 19.7 Å². The molecule has 0 radical (unpaired) electrons. The number of amides is 3. The molecule has 1 saturated carbocycles. The summed E-state index contributed by atoms with van der Waals surface area (Å²) in [7, 11) is 1.68. The highest BCUT2D eigenvalue weighted by atomic mass is 35.5. The van der Waals surface area contributed by atoms with Crippen LogP contribution in [0.25, 0.3) is 0 Å². The first-order valence-corrected chi connectivity index (χ1v) is 9.35. The molecule has 1 aliphatic rings. The molecule has 0 spiro atoms. The van der Waals surface area contributed by atoms with Crippen LogP contribution in [0.5, 0.6) is 0 Å². The molecular formula is C18H25ClN4O4. The lowest BCUT2D eigenvalue weighted by Gasteiger charge is -2.29. The van der Waals surface area contributed by atoms with E-state index < -0.39 is 16.9 Å². The average Bonchev–Trinajstić information content (AvgIpc) is 2.58. The summed E-state index contributed by atoms with van der Waals surface area (Å²) in [6, 6.07) is 3.78. The molecule has 8 nitrogen and oxygen atoms in total. The molecule has 27 heavy (non-hydrogen) atoms. The van der Waals surface area contributed by atoms with E-state index in [0.29, 0.717) is 16.5 Å². The Morgan fingerprint density at radius 3 is 2.70 bits per heavy atom. The van der Waals surface area contributed by atoms with Gasteiger partial charge in [-0.1, -0.05) is 31.4 Å². The molecule has 2 N–H and O–H groups in total. The van der Waals surface area contributed by atoms with E-state index in [0.717, 1.165) is 19.3 Å². The van der Waals surface area contributed by atoms with Crippen molar-refractivity contribution in [2.24, 2.45) is 5.92 Å². The van der Waals surface area contributed by atoms with Crippen molar-refractivity contribution in [3.05, 3.63) is 38.9 Å². The van der Waals surface area contributed by atoms with E-state index in [-0.39, 0.29) is 24.8 Å². The number of nitro groups is 1. The minimum absolute atomic E-state index is 0.0351. The van der Waals surface area contributed by atoms with E-state index in [1.54, 1.807) is 11.9 Å². The van der Waals surface area contributed by atoms with Crippen LogP contribution in [0.15, 0.2) is 18.2 Å². The Morgan fingerprint density at radius 2 is 2.04 bits per heavy atom. The average molecular weight is 397 g/mol. The van der Waals surface area contributed by atoms with E-state index in [1.165, 1.54) is 24.6 Å². The van der Waals surface area contributed by atoms with E-state index in [1.807, 2.05) is 0 Å². The Balaban J connectivity index is 1.83. The molecule has 0 heterocycles. The van der Waals surface area contributed by atoms with Gasteiger partial charge in [0.2, 0.25) is 5.91 Å². The van der Waals surface area contributed by atoms with Gasteiger partial charge in [0.25, 0.3) is 5.69 Å². The van der Waals surface area contributed by atoms with Crippen molar-refractivity contribution in [1.82, 2.24) is 15.5 Å². The lowest BCUT2D eigenvalue weighted by Crippen LogP contribution is -2.49. The second-order valence-electron chi connectivity index (χ2n) is 7.09. The summed E-state index contributed by atoms with van der Waals surface area (Å²) in [4.78, 5) is 36.1. The highest BCUT2D eigenvalue weighted by molar-refractivity contribution is 6.31. The molecule has 1 aromatic carbocycles. The third kappa shape index (κ3) is 6.48. The Hall–Kier alpha value is -2.19. The molecule has 0 saturated heterocycles. The monoisotopic (exact) mass is 396 g/mol. The fraction of sp³-hybridized carbons (Fsp3) is 0.556. The number of carbonyl (C=O) groups excluding carboxylic acids is 2. The second-order valence-corrected chi connectivity index (χ2v) is 7.50. The Bertz CT molecular complexity index is 713. The predicted octanol–water partition coefficient (Wildman–Crippen LogP) is 3.08. The predicted molar refractivity (Wildman–Crippen MR) is 103 cm³/mol. The first kappa shape index (κ1) is 21.1. The zero-order valence-electron chi connectivity index (χ0n) is 15.5. The normalized spacial score (nSPS) is 19.6. The minimum Gasteiger partial charge on any atom is -0.335 e. The molecule has 1 fully saturated rings. The minimum atomic E-state index is -0.497. The van der Waals surface area contributed by atoms with Crippen LogP contribution in [0.3, 0.4) is 0 Å². The number of nitrogens with one attached hydrogen (secondary N) is 2. The molecule has 0 aliphatic heterocycles. The molecule has 148 valence electrons. The fourth-order valence-corrected chi connectivity index (χ4v) is 3.47. The standard InChI is InChI=1S/C18H25ClN4O4/c1-12-5-3-4-6-16(12)20-18(25)21-17(24)11-22(2)10-13-9-14(23(26)27)7-8-15(13)19/h7-9,12,16H,3-6,10-11H2,1-2H3,(H2,20,21,24,25). The second kappa shape index (κ2) is 9.66. The molecular weight excluding hydrogens is 372 g/mol. The van der Waals surface area contributed by atoms with Gasteiger partial charge in [0, 0.05) is 29.7 Å².